The number of likely N-dealkylation sites (tertiary alicyclic amines) is 1. The van der Waals surface area contributed by atoms with E-state index in [1.54, 1.807) is 0 Å². The first-order valence-corrected chi connectivity index (χ1v) is 11.2. The third-order valence-corrected chi connectivity index (χ3v) is 6.39. The van der Waals surface area contributed by atoms with Gasteiger partial charge in [-0.2, -0.15) is 0 Å². The van der Waals surface area contributed by atoms with Gasteiger partial charge >= 0.3 is 0 Å². The van der Waals surface area contributed by atoms with Gasteiger partial charge in [0, 0.05) is 37.7 Å². The number of guanidine groups is 1. The molecule has 0 radical (unpaired) electrons. The smallest absolute Gasteiger partial charge is 0.190 e. The van der Waals surface area contributed by atoms with Crippen molar-refractivity contribution in [1.82, 2.24) is 15.5 Å². The fourth-order valence-corrected chi connectivity index (χ4v) is 4.97. The van der Waals surface area contributed by atoms with Crippen molar-refractivity contribution in [1.29, 1.82) is 0 Å². The second kappa shape index (κ2) is 11.7. The fourth-order valence-electron chi connectivity index (χ4n) is 3.99. The molecule has 0 aliphatic carbocycles. The molecule has 1 aliphatic rings. The maximum Gasteiger partial charge on any atom is 0.190 e. The molecule has 6 heteroatoms. The van der Waals surface area contributed by atoms with Gasteiger partial charge in [0.25, 0.3) is 0 Å². The second-order valence-electron chi connectivity index (χ2n) is 7.75. The monoisotopic (exact) mass is 394 g/mol. The van der Waals surface area contributed by atoms with Gasteiger partial charge < -0.3 is 15.4 Å². The van der Waals surface area contributed by atoms with Gasteiger partial charge in [-0.05, 0) is 63.1 Å². The summed E-state index contributed by atoms with van der Waals surface area (Å²) >= 11 is 1.87. The average Bonchev–Trinajstić information content (AvgIpc) is 3.17. The third kappa shape index (κ3) is 6.77. The van der Waals surface area contributed by atoms with Gasteiger partial charge in [-0.1, -0.05) is 19.9 Å². The van der Waals surface area contributed by atoms with E-state index in [2.05, 4.69) is 65.9 Å². The summed E-state index contributed by atoms with van der Waals surface area (Å²) in [7, 11) is 4.10. The molecule has 27 heavy (non-hydrogen) atoms. The van der Waals surface area contributed by atoms with Crippen molar-refractivity contribution in [2.24, 2.45) is 16.8 Å². The topological polar surface area (TPSA) is 48.9 Å². The summed E-state index contributed by atoms with van der Waals surface area (Å²) in [6.45, 7) is 10.3. The van der Waals surface area contributed by atoms with E-state index >= 15 is 0 Å². The summed E-state index contributed by atoms with van der Waals surface area (Å²) < 4.78 is 5.84. The van der Waals surface area contributed by atoms with Crippen LogP contribution < -0.4 is 10.6 Å². The van der Waals surface area contributed by atoms with Gasteiger partial charge in [-0.15, -0.1) is 11.3 Å². The highest BCUT2D eigenvalue weighted by molar-refractivity contribution is 7.10. The first-order chi connectivity index (χ1) is 13.1. The number of rotatable bonds is 9. The maximum atomic E-state index is 5.84. The molecule has 1 aromatic rings. The van der Waals surface area contributed by atoms with Crippen molar-refractivity contribution in [3.05, 3.63) is 22.4 Å². The molecule has 0 aromatic carbocycles. The van der Waals surface area contributed by atoms with E-state index in [0.29, 0.717) is 24.0 Å². The number of piperidine rings is 1. The Labute approximate surface area is 169 Å². The molecule has 1 saturated heterocycles. The number of hydrogen-bond acceptors (Lipinski definition) is 4. The molecule has 0 saturated carbocycles. The van der Waals surface area contributed by atoms with E-state index in [1.807, 2.05) is 18.4 Å². The van der Waals surface area contributed by atoms with Crippen LogP contribution in [-0.2, 0) is 4.74 Å². The van der Waals surface area contributed by atoms with E-state index < -0.39 is 0 Å². The SMILES string of the molecule is CCOC(CCNC(=NC)NCC1CCCN(C)C1c1cccs1)C(C)C. The van der Waals surface area contributed by atoms with E-state index in [-0.39, 0.29) is 0 Å². The molecule has 0 spiro atoms. The molecular weight excluding hydrogens is 356 g/mol. The van der Waals surface area contributed by atoms with Crippen molar-refractivity contribution in [2.75, 3.05) is 40.3 Å². The van der Waals surface area contributed by atoms with Gasteiger partial charge in [0.1, 0.15) is 0 Å². The number of aliphatic imine (C=N–C) groups is 1. The first kappa shape index (κ1) is 22.2. The highest BCUT2D eigenvalue weighted by Crippen LogP contribution is 2.36. The summed E-state index contributed by atoms with van der Waals surface area (Å²) in [5.74, 6) is 2.03. The zero-order valence-corrected chi connectivity index (χ0v) is 18.5. The Balaban J connectivity index is 1.83. The summed E-state index contributed by atoms with van der Waals surface area (Å²) in [5.41, 5.74) is 0. The van der Waals surface area contributed by atoms with E-state index in [1.165, 1.54) is 24.3 Å². The van der Waals surface area contributed by atoms with Crippen LogP contribution in [0.4, 0.5) is 0 Å². The van der Waals surface area contributed by atoms with Crippen molar-refractivity contribution in [3.63, 3.8) is 0 Å². The predicted octanol–water partition coefficient (Wildman–Crippen LogP) is 3.75. The Morgan fingerprint density at radius 2 is 2.22 bits per heavy atom. The van der Waals surface area contributed by atoms with Crippen LogP contribution in [0.15, 0.2) is 22.5 Å². The van der Waals surface area contributed by atoms with Gasteiger partial charge in [0.05, 0.1) is 6.10 Å². The lowest BCUT2D eigenvalue weighted by atomic mass is 9.88. The van der Waals surface area contributed by atoms with E-state index in [9.17, 15) is 0 Å². The minimum absolute atomic E-state index is 0.302. The fraction of sp³-hybridized carbons (Fsp3) is 0.762. The molecule has 3 unspecified atom stereocenters. The summed E-state index contributed by atoms with van der Waals surface area (Å²) in [5, 5.41) is 9.21. The van der Waals surface area contributed by atoms with Crippen LogP contribution in [0.2, 0.25) is 0 Å². The summed E-state index contributed by atoms with van der Waals surface area (Å²) in [6.07, 6.45) is 3.82. The Morgan fingerprint density at radius 3 is 2.85 bits per heavy atom. The molecule has 2 heterocycles. The number of hydrogen-bond donors (Lipinski definition) is 2. The van der Waals surface area contributed by atoms with Crippen LogP contribution in [0.5, 0.6) is 0 Å². The molecule has 1 aromatic heterocycles. The van der Waals surface area contributed by atoms with Crippen molar-refractivity contribution in [3.8, 4) is 0 Å². The largest absolute Gasteiger partial charge is 0.378 e. The second-order valence-corrected chi connectivity index (χ2v) is 8.73. The van der Waals surface area contributed by atoms with Crippen LogP contribution in [0.1, 0.15) is 51.0 Å². The molecule has 1 aliphatic heterocycles. The number of ether oxygens (including phenoxy) is 1. The predicted molar refractivity (Wildman–Crippen MR) is 117 cm³/mol. The lowest BCUT2D eigenvalue weighted by Gasteiger charge is -2.39. The third-order valence-electron chi connectivity index (χ3n) is 5.44. The molecule has 2 rings (SSSR count). The average molecular weight is 395 g/mol. The van der Waals surface area contributed by atoms with Gasteiger partial charge in [0.15, 0.2) is 5.96 Å². The first-order valence-electron chi connectivity index (χ1n) is 10.4. The lowest BCUT2D eigenvalue weighted by molar-refractivity contribution is 0.0258. The van der Waals surface area contributed by atoms with Crippen LogP contribution in [0, 0.1) is 11.8 Å². The highest BCUT2D eigenvalue weighted by atomic mass is 32.1. The molecule has 0 bridgehead atoms. The van der Waals surface area contributed by atoms with E-state index in [4.69, 9.17) is 4.74 Å². The van der Waals surface area contributed by atoms with Gasteiger partial charge in [0.2, 0.25) is 0 Å². The molecule has 5 nitrogen and oxygen atoms in total. The molecule has 154 valence electrons. The number of nitrogens with one attached hydrogen (secondary N) is 2. The van der Waals surface area contributed by atoms with Crippen LogP contribution in [-0.4, -0.2) is 57.3 Å². The molecule has 0 amide bonds. The standard InChI is InChI=1S/C21H38N4OS/c1-6-26-18(16(2)3)11-12-23-21(22-4)24-15-17-9-7-13-25(5)20(17)19-10-8-14-27-19/h8,10,14,16-18,20H,6-7,9,11-13,15H2,1-5H3,(H2,22,23,24). The van der Waals surface area contributed by atoms with Crippen LogP contribution in [0.25, 0.3) is 0 Å². The minimum Gasteiger partial charge on any atom is -0.378 e. The van der Waals surface area contributed by atoms with Crippen molar-refractivity contribution in [2.45, 2.75) is 52.2 Å². The van der Waals surface area contributed by atoms with Crippen molar-refractivity contribution < 1.29 is 4.74 Å². The molecule has 1 fully saturated rings. The van der Waals surface area contributed by atoms with Crippen LogP contribution >= 0.6 is 11.3 Å². The van der Waals surface area contributed by atoms with Crippen molar-refractivity contribution >= 4 is 17.3 Å². The Kier molecular flexibility index (Phi) is 9.59. The Bertz CT molecular complexity index is 546. The minimum atomic E-state index is 0.302. The number of nitrogens with zero attached hydrogens (tertiary/aromatic N) is 2. The zero-order chi connectivity index (χ0) is 19.6. The van der Waals surface area contributed by atoms with Crippen LogP contribution in [0.3, 0.4) is 0 Å². The maximum absolute atomic E-state index is 5.84. The number of thiophene rings is 1. The summed E-state index contributed by atoms with van der Waals surface area (Å²) in [4.78, 5) is 8.39. The normalized spacial score (nSPS) is 22.8. The Morgan fingerprint density at radius 1 is 1.41 bits per heavy atom. The Hall–Kier alpha value is -1.11. The van der Waals surface area contributed by atoms with E-state index in [0.717, 1.165) is 32.1 Å². The van der Waals surface area contributed by atoms with Gasteiger partial charge in [-0.25, -0.2) is 0 Å². The zero-order valence-electron chi connectivity index (χ0n) is 17.7. The molecular formula is C21H38N4OS. The summed E-state index contributed by atoms with van der Waals surface area (Å²) in [6, 6.07) is 4.95. The molecule has 2 N–H and O–H groups in total. The molecule has 3 atom stereocenters. The highest BCUT2D eigenvalue weighted by Gasteiger charge is 2.31. The quantitative estimate of drug-likeness (QED) is 0.495. The van der Waals surface area contributed by atoms with Gasteiger partial charge in [-0.3, -0.25) is 9.89 Å². The lowest BCUT2D eigenvalue weighted by Crippen LogP contribution is -2.45.